The summed E-state index contributed by atoms with van der Waals surface area (Å²) in [5.41, 5.74) is 1.31. The quantitative estimate of drug-likeness (QED) is 0.233. The van der Waals surface area contributed by atoms with Crippen LogP contribution in [0.4, 0.5) is 5.69 Å². The van der Waals surface area contributed by atoms with Gasteiger partial charge in [-0.3, -0.25) is 10.1 Å². The van der Waals surface area contributed by atoms with Gasteiger partial charge in [-0.2, -0.15) is 0 Å². The molecule has 9 nitrogen and oxygen atoms in total. The van der Waals surface area contributed by atoms with E-state index in [0.29, 0.717) is 33.4 Å². The number of non-ortho nitro benzene ring substituents is 1. The monoisotopic (exact) mass is 415 g/mol. The molecule has 3 rings (SSSR count). The predicted molar refractivity (Wildman–Crippen MR) is 104 cm³/mol. The summed E-state index contributed by atoms with van der Waals surface area (Å²) in [7, 11) is 1.44. The lowest BCUT2D eigenvalue weighted by atomic mass is 10.2. The van der Waals surface area contributed by atoms with Crippen LogP contribution in [0.2, 0.25) is 0 Å². The van der Waals surface area contributed by atoms with Gasteiger partial charge in [-0.1, -0.05) is 16.9 Å². The van der Waals surface area contributed by atoms with E-state index in [0.717, 1.165) is 5.69 Å². The number of esters is 1. The lowest BCUT2D eigenvalue weighted by Crippen LogP contribution is -2.08. The first-order valence-electron chi connectivity index (χ1n) is 8.46. The van der Waals surface area contributed by atoms with Crippen molar-refractivity contribution in [3.8, 4) is 5.75 Å². The van der Waals surface area contributed by atoms with Gasteiger partial charge in [0.1, 0.15) is 23.1 Å². The molecule has 0 saturated carbocycles. The van der Waals surface area contributed by atoms with Crippen LogP contribution in [0.5, 0.6) is 5.75 Å². The number of thioether (sulfide) groups is 1. The molecule has 1 aromatic carbocycles. The molecule has 0 atom stereocenters. The second-order valence-corrected chi connectivity index (χ2v) is 6.87. The molecule has 0 fully saturated rings. The number of methoxy groups -OCH3 is 1. The molecule has 0 amide bonds. The maximum absolute atomic E-state index is 12.6. The molecular formula is C19H17N3O6S. The van der Waals surface area contributed by atoms with Crippen LogP contribution in [0.25, 0.3) is 0 Å². The minimum atomic E-state index is -0.592. The lowest BCUT2D eigenvalue weighted by molar-refractivity contribution is -0.385. The minimum absolute atomic E-state index is 0.114. The third-order valence-corrected chi connectivity index (χ3v) is 4.90. The van der Waals surface area contributed by atoms with E-state index < -0.39 is 10.9 Å². The van der Waals surface area contributed by atoms with Gasteiger partial charge in [-0.05, 0) is 25.1 Å². The molecule has 29 heavy (non-hydrogen) atoms. The van der Waals surface area contributed by atoms with E-state index in [1.807, 2.05) is 6.07 Å². The molecule has 2 aromatic heterocycles. The summed E-state index contributed by atoms with van der Waals surface area (Å²) < 4.78 is 15.6. The Balaban J connectivity index is 1.71. The number of nitrogens with zero attached hydrogens (tertiary/aromatic N) is 3. The van der Waals surface area contributed by atoms with Crippen molar-refractivity contribution < 1.29 is 23.7 Å². The third-order valence-electron chi connectivity index (χ3n) is 3.86. The molecule has 0 saturated heterocycles. The highest BCUT2D eigenvalue weighted by atomic mass is 32.2. The van der Waals surface area contributed by atoms with Crippen molar-refractivity contribution in [2.45, 2.75) is 24.3 Å². The van der Waals surface area contributed by atoms with Gasteiger partial charge >= 0.3 is 5.97 Å². The molecular weight excluding hydrogens is 398 g/mol. The highest BCUT2D eigenvalue weighted by Gasteiger charge is 2.17. The summed E-state index contributed by atoms with van der Waals surface area (Å²) >= 11 is 1.33. The second kappa shape index (κ2) is 9.20. The Morgan fingerprint density at radius 3 is 2.83 bits per heavy atom. The van der Waals surface area contributed by atoms with E-state index >= 15 is 0 Å². The van der Waals surface area contributed by atoms with Crippen LogP contribution in [-0.2, 0) is 17.1 Å². The number of nitro groups is 1. The number of aryl methyl sites for hydroxylation is 1. The number of carbonyl (C=O) groups is 1. The first kappa shape index (κ1) is 20.3. The van der Waals surface area contributed by atoms with Crippen molar-refractivity contribution in [1.82, 2.24) is 10.1 Å². The van der Waals surface area contributed by atoms with E-state index in [4.69, 9.17) is 14.0 Å². The third kappa shape index (κ3) is 5.11. The van der Waals surface area contributed by atoms with Gasteiger partial charge in [0.2, 0.25) is 0 Å². The van der Waals surface area contributed by atoms with Gasteiger partial charge in [0.05, 0.1) is 23.3 Å². The van der Waals surface area contributed by atoms with Crippen molar-refractivity contribution in [1.29, 1.82) is 0 Å². The van der Waals surface area contributed by atoms with Gasteiger partial charge < -0.3 is 14.0 Å². The van der Waals surface area contributed by atoms with Crippen LogP contribution >= 0.6 is 11.8 Å². The Morgan fingerprint density at radius 2 is 2.14 bits per heavy atom. The van der Waals surface area contributed by atoms with E-state index in [9.17, 15) is 14.9 Å². The molecule has 0 radical (unpaired) electrons. The molecule has 0 unspecified atom stereocenters. The maximum Gasteiger partial charge on any atom is 0.341 e. The number of ether oxygens (including phenoxy) is 2. The van der Waals surface area contributed by atoms with Crippen LogP contribution in [0.1, 0.15) is 27.4 Å². The topological polar surface area (TPSA) is 118 Å². The smallest absolute Gasteiger partial charge is 0.341 e. The average Bonchev–Trinajstić information content (AvgIpc) is 3.15. The zero-order valence-electron chi connectivity index (χ0n) is 15.7. The Morgan fingerprint density at radius 1 is 1.31 bits per heavy atom. The first-order chi connectivity index (χ1) is 14.0. The predicted octanol–water partition coefficient (Wildman–Crippen LogP) is 3.94. The molecule has 3 aromatic rings. The van der Waals surface area contributed by atoms with Crippen LogP contribution in [0.3, 0.4) is 0 Å². The molecule has 0 spiro atoms. The number of benzene rings is 1. The van der Waals surface area contributed by atoms with Gasteiger partial charge in [0.25, 0.3) is 5.69 Å². The normalized spacial score (nSPS) is 10.6. The summed E-state index contributed by atoms with van der Waals surface area (Å²) in [5, 5.41) is 15.4. The molecule has 0 N–H and O–H groups in total. The number of aromatic nitrogens is 2. The van der Waals surface area contributed by atoms with E-state index in [-0.39, 0.29) is 12.3 Å². The molecule has 150 valence electrons. The summed E-state index contributed by atoms with van der Waals surface area (Å²) in [6.07, 6.45) is 1.58. The van der Waals surface area contributed by atoms with Crippen molar-refractivity contribution in [2.75, 3.05) is 7.11 Å². The standard InChI is InChI=1S/C19H17N3O6S/c1-12-8-14(21-28-12)11-29-18-16(4-3-7-20-18)19(23)27-10-13-9-15(22(24)25)5-6-17(13)26-2/h3-9H,10-11H2,1-2H3. The number of hydrogen-bond acceptors (Lipinski definition) is 9. The highest BCUT2D eigenvalue weighted by molar-refractivity contribution is 7.98. The van der Waals surface area contributed by atoms with Crippen LogP contribution < -0.4 is 4.74 Å². The fraction of sp³-hybridized carbons (Fsp3) is 0.211. The highest BCUT2D eigenvalue weighted by Crippen LogP contribution is 2.27. The Kier molecular flexibility index (Phi) is 6.45. The van der Waals surface area contributed by atoms with Crippen LogP contribution in [0, 0.1) is 17.0 Å². The number of nitro benzene ring substituents is 1. The van der Waals surface area contributed by atoms with E-state index in [1.54, 1.807) is 25.3 Å². The van der Waals surface area contributed by atoms with Crippen molar-refractivity contribution in [3.63, 3.8) is 0 Å². The lowest BCUT2D eigenvalue weighted by Gasteiger charge is -2.10. The molecule has 0 bridgehead atoms. The fourth-order valence-electron chi connectivity index (χ4n) is 2.50. The Hall–Kier alpha value is -3.40. The maximum atomic E-state index is 12.6. The summed E-state index contributed by atoms with van der Waals surface area (Å²) in [5.74, 6) is 0.982. The van der Waals surface area contributed by atoms with Gasteiger partial charge in [-0.25, -0.2) is 9.78 Å². The SMILES string of the molecule is COc1ccc([N+](=O)[O-])cc1COC(=O)c1cccnc1SCc1cc(C)on1. The fourth-order valence-corrected chi connectivity index (χ4v) is 3.36. The van der Waals surface area contributed by atoms with Crippen molar-refractivity contribution in [2.24, 2.45) is 0 Å². The number of hydrogen-bond donors (Lipinski definition) is 0. The minimum Gasteiger partial charge on any atom is -0.496 e. The number of rotatable bonds is 8. The molecule has 10 heteroatoms. The van der Waals surface area contributed by atoms with Crippen LogP contribution in [0.15, 0.2) is 52.1 Å². The zero-order chi connectivity index (χ0) is 20.8. The molecule has 0 aliphatic rings. The van der Waals surface area contributed by atoms with E-state index in [2.05, 4.69) is 10.1 Å². The average molecular weight is 415 g/mol. The Labute approximate surface area is 170 Å². The number of pyridine rings is 1. The summed E-state index contributed by atoms with van der Waals surface area (Å²) in [4.78, 5) is 27.3. The second-order valence-electron chi connectivity index (χ2n) is 5.90. The molecule has 0 aliphatic carbocycles. The van der Waals surface area contributed by atoms with Crippen molar-refractivity contribution >= 4 is 23.4 Å². The van der Waals surface area contributed by atoms with Crippen LogP contribution in [-0.4, -0.2) is 28.1 Å². The van der Waals surface area contributed by atoms with Gasteiger partial charge in [-0.15, -0.1) is 0 Å². The number of carbonyl (C=O) groups excluding carboxylic acids is 1. The largest absolute Gasteiger partial charge is 0.496 e. The molecule has 0 aliphatic heterocycles. The van der Waals surface area contributed by atoms with Crippen molar-refractivity contribution in [3.05, 3.63) is 75.3 Å². The molecule has 2 heterocycles. The summed E-state index contributed by atoms with van der Waals surface area (Å²) in [6.45, 7) is 1.62. The first-order valence-corrected chi connectivity index (χ1v) is 9.45. The summed E-state index contributed by atoms with van der Waals surface area (Å²) in [6, 6.07) is 9.16. The van der Waals surface area contributed by atoms with Gasteiger partial charge in [0.15, 0.2) is 0 Å². The van der Waals surface area contributed by atoms with Gasteiger partial charge in [0, 0.05) is 35.7 Å². The Bertz CT molecular complexity index is 1040. The van der Waals surface area contributed by atoms with E-state index in [1.165, 1.54) is 37.1 Å². The zero-order valence-corrected chi connectivity index (χ0v) is 16.5.